The fourth-order valence-corrected chi connectivity index (χ4v) is 0.853. The molecule has 0 fully saturated rings. The van der Waals surface area contributed by atoms with Crippen LogP contribution in [0.4, 0.5) is 0 Å². The van der Waals surface area contributed by atoms with Crippen LogP contribution in [0.5, 0.6) is 0 Å². The summed E-state index contributed by atoms with van der Waals surface area (Å²) < 4.78 is 0. The van der Waals surface area contributed by atoms with Gasteiger partial charge in [0.05, 0.1) is 12.9 Å². The summed E-state index contributed by atoms with van der Waals surface area (Å²) in [5.41, 5.74) is 0. The molecule has 0 atom stereocenters. The Morgan fingerprint density at radius 3 is 3.00 bits per heavy atom. The van der Waals surface area contributed by atoms with E-state index < -0.39 is 0 Å². The van der Waals surface area contributed by atoms with Crippen molar-refractivity contribution in [1.82, 2.24) is 9.80 Å². The molecule has 0 aromatic carbocycles. The van der Waals surface area contributed by atoms with Crippen molar-refractivity contribution in [1.29, 1.82) is 0 Å². The van der Waals surface area contributed by atoms with Crippen LogP contribution in [0, 0.1) is 0 Å². The Morgan fingerprint density at radius 1 is 1.60 bits per heavy atom. The lowest BCUT2D eigenvalue weighted by Gasteiger charge is -2.23. The van der Waals surface area contributed by atoms with Gasteiger partial charge in [-0.1, -0.05) is 6.58 Å². The maximum Gasteiger partial charge on any atom is 0.101 e. The summed E-state index contributed by atoms with van der Waals surface area (Å²) in [4.78, 5) is 8.16. The molecule has 1 heterocycles. The summed E-state index contributed by atoms with van der Waals surface area (Å²) in [6.07, 6.45) is 1.81. The zero-order valence-corrected chi connectivity index (χ0v) is 6.54. The van der Waals surface area contributed by atoms with Crippen molar-refractivity contribution in [3.8, 4) is 0 Å². The van der Waals surface area contributed by atoms with E-state index in [1.165, 1.54) is 0 Å². The molecule has 1 aliphatic rings. The zero-order valence-electron chi connectivity index (χ0n) is 6.54. The molecule has 1 rings (SSSR count). The fourth-order valence-electron chi connectivity index (χ4n) is 0.853. The number of aliphatic imine (C=N–C) groups is 1. The molecular formula is C7H13N3. The molecule has 0 unspecified atom stereocenters. The SMILES string of the molecule is C=C1N(C)C=NCCN1C. The smallest absolute Gasteiger partial charge is 0.101 e. The number of hydrogen-bond acceptors (Lipinski definition) is 3. The average molecular weight is 139 g/mol. The maximum atomic E-state index is 4.15. The number of rotatable bonds is 0. The van der Waals surface area contributed by atoms with Crippen LogP contribution in [0.2, 0.25) is 0 Å². The first-order valence-corrected chi connectivity index (χ1v) is 3.34. The predicted molar refractivity (Wildman–Crippen MR) is 42.9 cm³/mol. The van der Waals surface area contributed by atoms with E-state index in [0.717, 1.165) is 18.9 Å². The van der Waals surface area contributed by atoms with Gasteiger partial charge < -0.3 is 9.80 Å². The minimum absolute atomic E-state index is 0.861. The van der Waals surface area contributed by atoms with Crippen molar-refractivity contribution in [2.24, 2.45) is 4.99 Å². The van der Waals surface area contributed by atoms with E-state index in [9.17, 15) is 0 Å². The highest BCUT2D eigenvalue weighted by Crippen LogP contribution is 2.03. The molecule has 56 valence electrons. The van der Waals surface area contributed by atoms with E-state index in [2.05, 4.69) is 16.5 Å². The number of nitrogens with zero attached hydrogens (tertiary/aromatic N) is 3. The third-order valence-electron chi connectivity index (χ3n) is 1.67. The van der Waals surface area contributed by atoms with Gasteiger partial charge in [0, 0.05) is 20.6 Å². The summed E-state index contributed by atoms with van der Waals surface area (Å²) >= 11 is 0. The van der Waals surface area contributed by atoms with Crippen molar-refractivity contribution in [2.45, 2.75) is 0 Å². The second-order valence-corrected chi connectivity index (χ2v) is 2.47. The molecule has 0 aromatic heterocycles. The molecule has 3 heteroatoms. The second-order valence-electron chi connectivity index (χ2n) is 2.47. The first-order valence-electron chi connectivity index (χ1n) is 3.34. The van der Waals surface area contributed by atoms with E-state index in [0.29, 0.717) is 0 Å². The highest BCUT2D eigenvalue weighted by molar-refractivity contribution is 5.57. The third-order valence-corrected chi connectivity index (χ3v) is 1.67. The zero-order chi connectivity index (χ0) is 7.56. The van der Waals surface area contributed by atoms with Crippen molar-refractivity contribution in [3.05, 3.63) is 12.4 Å². The van der Waals surface area contributed by atoms with E-state index in [1.54, 1.807) is 0 Å². The molecule has 0 radical (unpaired) electrons. The topological polar surface area (TPSA) is 18.8 Å². The summed E-state index contributed by atoms with van der Waals surface area (Å²) in [7, 11) is 3.97. The van der Waals surface area contributed by atoms with Crippen LogP contribution in [0.25, 0.3) is 0 Å². The van der Waals surface area contributed by atoms with Gasteiger partial charge in [0.2, 0.25) is 0 Å². The molecule has 3 nitrogen and oxygen atoms in total. The Labute approximate surface area is 61.6 Å². The molecule has 0 saturated carbocycles. The third kappa shape index (κ3) is 1.29. The van der Waals surface area contributed by atoms with Crippen LogP contribution in [0.3, 0.4) is 0 Å². The molecule has 0 amide bonds. The van der Waals surface area contributed by atoms with Crippen LogP contribution in [-0.2, 0) is 0 Å². The Morgan fingerprint density at radius 2 is 2.30 bits per heavy atom. The van der Waals surface area contributed by atoms with Gasteiger partial charge >= 0.3 is 0 Å². The molecule has 0 spiro atoms. The van der Waals surface area contributed by atoms with Crippen LogP contribution in [0.1, 0.15) is 0 Å². The van der Waals surface area contributed by atoms with E-state index >= 15 is 0 Å². The van der Waals surface area contributed by atoms with Crippen molar-refractivity contribution >= 4 is 6.34 Å². The van der Waals surface area contributed by atoms with E-state index in [4.69, 9.17) is 0 Å². The number of hydrogen-bond donors (Lipinski definition) is 0. The number of likely N-dealkylation sites (N-methyl/N-ethyl adjacent to an activating group) is 1. The highest BCUT2D eigenvalue weighted by Gasteiger charge is 2.07. The van der Waals surface area contributed by atoms with Gasteiger partial charge in [0.1, 0.15) is 5.82 Å². The Bertz CT molecular complexity index is 162. The van der Waals surface area contributed by atoms with Gasteiger partial charge in [-0.05, 0) is 0 Å². The Balaban J connectivity index is 2.67. The Hall–Kier alpha value is -0.990. The van der Waals surface area contributed by atoms with E-state index in [1.807, 2.05) is 25.3 Å². The molecule has 0 saturated heterocycles. The van der Waals surface area contributed by atoms with Crippen LogP contribution in [0.15, 0.2) is 17.4 Å². The molecule has 10 heavy (non-hydrogen) atoms. The summed E-state index contributed by atoms with van der Waals surface area (Å²) in [6.45, 7) is 5.72. The maximum absolute atomic E-state index is 4.15. The Kier molecular flexibility index (Phi) is 1.94. The first kappa shape index (κ1) is 7.12. The fraction of sp³-hybridized carbons (Fsp3) is 0.571. The molecule has 0 aliphatic carbocycles. The second kappa shape index (κ2) is 2.73. The van der Waals surface area contributed by atoms with Crippen molar-refractivity contribution < 1.29 is 0 Å². The van der Waals surface area contributed by atoms with Gasteiger partial charge in [-0.25, -0.2) is 0 Å². The normalized spacial score (nSPS) is 19.6. The van der Waals surface area contributed by atoms with Gasteiger partial charge in [0.15, 0.2) is 0 Å². The minimum Gasteiger partial charge on any atom is -0.360 e. The largest absolute Gasteiger partial charge is 0.360 e. The molecule has 0 aromatic rings. The minimum atomic E-state index is 0.861. The molecular weight excluding hydrogens is 126 g/mol. The molecule has 0 bridgehead atoms. The van der Waals surface area contributed by atoms with Gasteiger partial charge in [-0.2, -0.15) is 0 Å². The van der Waals surface area contributed by atoms with Crippen molar-refractivity contribution in [2.75, 3.05) is 27.2 Å². The highest BCUT2D eigenvalue weighted by atomic mass is 15.3. The first-order chi connectivity index (χ1) is 4.72. The predicted octanol–water partition coefficient (Wildman–Crippen LogP) is 0.363. The standard InChI is InChI=1S/C7H13N3/c1-7-9(2)5-4-8-6-10(7)3/h6H,1,4-5H2,2-3H3. The summed E-state index contributed by atoms with van der Waals surface area (Å²) in [5.74, 6) is 1.00. The van der Waals surface area contributed by atoms with Crippen LogP contribution >= 0.6 is 0 Å². The van der Waals surface area contributed by atoms with Crippen LogP contribution < -0.4 is 0 Å². The average Bonchev–Trinajstić information content (AvgIpc) is 2.04. The van der Waals surface area contributed by atoms with Crippen LogP contribution in [-0.4, -0.2) is 43.3 Å². The lowest BCUT2D eigenvalue weighted by molar-refractivity contribution is 0.358. The summed E-state index contributed by atoms with van der Waals surface area (Å²) in [6, 6.07) is 0. The van der Waals surface area contributed by atoms with Crippen molar-refractivity contribution in [3.63, 3.8) is 0 Å². The van der Waals surface area contributed by atoms with Gasteiger partial charge in [-0.3, -0.25) is 4.99 Å². The van der Waals surface area contributed by atoms with E-state index in [-0.39, 0.29) is 0 Å². The van der Waals surface area contributed by atoms with Gasteiger partial charge in [0.25, 0.3) is 0 Å². The lowest BCUT2D eigenvalue weighted by Crippen LogP contribution is -2.27. The summed E-state index contributed by atoms with van der Waals surface area (Å²) in [5, 5.41) is 0. The molecule has 1 aliphatic heterocycles. The molecule has 0 N–H and O–H groups in total. The monoisotopic (exact) mass is 139 g/mol. The van der Waals surface area contributed by atoms with Gasteiger partial charge in [-0.15, -0.1) is 0 Å². The lowest BCUT2D eigenvalue weighted by atomic mass is 10.5. The quantitative estimate of drug-likeness (QED) is 0.482.